The molecule has 0 rings (SSSR count). The van der Waals surface area contributed by atoms with Crippen LogP contribution in [0.4, 0.5) is 0 Å². The second-order valence-corrected chi connectivity index (χ2v) is 10.0. The first kappa shape index (κ1) is 28.1. The Morgan fingerprint density at radius 1 is 0.793 bits per heavy atom. The number of hydrogen-bond donors (Lipinski definition) is 0. The molecule has 0 aromatic rings. The first-order chi connectivity index (χ1) is 13.5. The molecule has 3 heteroatoms. The Balaban J connectivity index is 4.58. The number of Topliss-reactive ketones (excluding diaryl/α,β-unsaturated/α-hetero) is 1. The van der Waals surface area contributed by atoms with E-state index in [1.54, 1.807) is 0 Å². The smallest absolute Gasteiger partial charge is 0.138 e. The highest BCUT2D eigenvalue weighted by molar-refractivity contribution is 5.84. The average molecular weight is 409 g/mol. The van der Waals surface area contributed by atoms with Crippen molar-refractivity contribution in [3.05, 3.63) is 0 Å². The summed E-state index contributed by atoms with van der Waals surface area (Å²) in [6.07, 6.45) is 16.6. The molecule has 0 saturated heterocycles. The minimum Gasteiger partial charge on any atom is -0.375 e. The summed E-state index contributed by atoms with van der Waals surface area (Å²) in [4.78, 5) is 13.1. The molecule has 0 aliphatic carbocycles. The van der Waals surface area contributed by atoms with Gasteiger partial charge in [0, 0.05) is 11.8 Å². The van der Waals surface area contributed by atoms with Gasteiger partial charge in [0.1, 0.15) is 12.4 Å². The Morgan fingerprint density at radius 2 is 1.38 bits per heavy atom. The Morgan fingerprint density at radius 3 is 1.97 bits per heavy atom. The molecule has 1 unspecified atom stereocenters. The number of unbranched alkanes of at least 4 members (excludes halogenated alkanes) is 4. The average Bonchev–Trinajstić information content (AvgIpc) is 2.66. The molecule has 0 aliphatic heterocycles. The van der Waals surface area contributed by atoms with Gasteiger partial charge in [0.2, 0.25) is 0 Å². The lowest BCUT2D eigenvalue weighted by molar-refractivity contribution is -0.131. The third-order valence-electron chi connectivity index (χ3n) is 6.03. The predicted octanol–water partition coefficient (Wildman–Crippen LogP) is 7.12. The summed E-state index contributed by atoms with van der Waals surface area (Å²) in [5.74, 6) is 2.93. The van der Waals surface area contributed by atoms with E-state index in [-0.39, 0.29) is 16.6 Å². The van der Waals surface area contributed by atoms with Crippen LogP contribution in [0.5, 0.6) is 0 Å². The van der Waals surface area contributed by atoms with Gasteiger partial charge in [0.05, 0.1) is 17.8 Å². The summed E-state index contributed by atoms with van der Waals surface area (Å²) in [5.41, 5.74) is -0.786. The van der Waals surface area contributed by atoms with Gasteiger partial charge in [-0.15, -0.1) is 6.42 Å². The number of rotatable bonds is 18. The molecule has 1 atom stereocenters. The third kappa shape index (κ3) is 13.1. The van der Waals surface area contributed by atoms with Gasteiger partial charge >= 0.3 is 0 Å². The van der Waals surface area contributed by atoms with E-state index in [9.17, 15) is 4.79 Å². The number of terminal acetylenes is 1. The van der Waals surface area contributed by atoms with Crippen LogP contribution in [0.2, 0.25) is 0 Å². The first-order valence-electron chi connectivity index (χ1n) is 11.8. The van der Waals surface area contributed by atoms with Crippen molar-refractivity contribution in [3.8, 4) is 12.3 Å². The quantitative estimate of drug-likeness (QED) is 0.179. The fourth-order valence-electron chi connectivity index (χ4n) is 3.58. The van der Waals surface area contributed by atoms with Crippen LogP contribution in [0, 0.1) is 17.8 Å². The number of ketones is 1. The first-order valence-corrected chi connectivity index (χ1v) is 11.8. The highest BCUT2D eigenvalue weighted by Crippen LogP contribution is 2.35. The van der Waals surface area contributed by atoms with Crippen LogP contribution in [0.3, 0.4) is 0 Å². The maximum Gasteiger partial charge on any atom is 0.138 e. The molecular formula is C26H48O3. The van der Waals surface area contributed by atoms with E-state index < -0.39 is 0 Å². The van der Waals surface area contributed by atoms with Crippen molar-refractivity contribution in [2.45, 2.75) is 130 Å². The highest BCUT2D eigenvalue weighted by atomic mass is 16.5. The van der Waals surface area contributed by atoms with Gasteiger partial charge < -0.3 is 9.47 Å². The fraction of sp³-hybridized carbons (Fsp3) is 0.885. The van der Waals surface area contributed by atoms with Crippen LogP contribution in [0.1, 0.15) is 119 Å². The molecule has 170 valence electrons. The van der Waals surface area contributed by atoms with E-state index in [0.717, 1.165) is 44.9 Å². The zero-order valence-electron chi connectivity index (χ0n) is 20.5. The standard InChI is InChI=1S/C26H48O3/c1-9-12-14-15-18-26(8,17-13-10-2)23(27)16-19-24(4,5)29-22-20-25(6,7)28-21-11-3/h3H,9-10,12-22H2,1-2,4-8H3. The van der Waals surface area contributed by atoms with Crippen LogP contribution in [0.25, 0.3) is 0 Å². The summed E-state index contributed by atoms with van der Waals surface area (Å²) in [6, 6.07) is 0. The SMILES string of the molecule is C#CCOC(C)(C)CCOC(C)(C)CCC(=O)C(C)(CCCC)CCCCCC. The zero-order chi connectivity index (χ0) is 22.4. The minimum absolute atomic E-state index is 0.176. The molecule has 29 heavy (non-hydrogen) atoms. The van der Waals surface area contributed by atoms with E-state index in [1.165, 1.54) is 19.3 Å². The van der Waals surface area contributed by atoms with Crippen molar-refractivity contribution in [2.24, 2.45) is 5.41 Å². The molecule has 0 fully saturated rings. The summed E-state index contributed by atoms with van der Waals surface area (Å²) >= 11 is 0. The van der Waals surface area contributed by atoms with E-state index in [1.807, 2.05) is 13.8 Å². The fourth-order valence-corrected chi connectivity index (χ4v) is 3.58. The Hall–Kier alpha value is -0.850. The molecule has 0 saturated carbocycles. The number of hydrogen-bond acceptors (Lipinski definition) is 3. The lowest BCUT2D eigenvalue weighted by atomic mass is 9.74. The Labute approximate surface area is 181 Å². The lowest BCUT2D eigenvalue weighted by Gasteiger charge is -2.32. The Bertz CT molecular complexity index is 487. The summed E-state index contributed by atoms with van der Waals surface area (Å²) in [5, 5.41) is 0. The van der Waals surface area contributed by atoms with Crippen molar-refractivity contribution in [2.75, 3.05) is 13.2 Å². The van der Waals surface area contributed by atoms with Crippen molar-refractivity contribution in [1.29, 1.82) is 0 Å². The monoisotopic (exact) mass is 408 g/mol. The second kappa shape index (κ2) is 14.2. The van der Waals surface area contributed by atoms with E-state index in [4.69, 9.17) is 15.9 Å². The largest absolute Gasteiger partial charge is 0.375 e. The van der Waals surface area contributed by atoms with E-state index in [0.29, 0.717) is 25.4 Å². The van der Waals surface area contributed by atoms with E-state index in [2.05, 4.69) is 40.5 Å². The van der Waals surface area contributed by atoms with Gasteiger partial charge in [-0.2, -0.15) is 0 Å². The van der Waals surface area contributed by atoms with Crippen LogP contribution >= 0.6 is 0 Å². The molecule has 0 aliphatic rings. The van der Waals surface area contributed by atoms with Gasteiger partial charge in [-0.05, 0) is 53.4 Å². The predicted molar refractivity (Wildman–Crippen MR) is 124 cm³/mol. The maximum absolute atomic E-state index is 13.1. The van der Waals surface area contributed by atoms with Crippen LogP contribution in [0.15, 0.2) is 0 Å². The molecule has 0 spiro atoms. The molecular weight excluding hydrogens is 360 g/mol. The van der Waals surface area contributed by atoms with Crippen LogP contribution in [-0.2, 0) is 14.3 Å². The normalized spacial score (nSPS) is 14.4. The molecule has 3 nitrogen and oxygen atoms in total. The third-order valence-corrected chi connectivity index (χ3v) is 6.03. The van der Waals surface area contributed by atoms with Gasteiger partial charge in [0.15, 0.2) is 0 Å². The van der Waals surface area contributed by atoms with Gasteiger partial charge in [-0.3, -0.25) is 4.79 Å². The molecule has 0 bridgehead atoms. The molecule has 0 N–H and O–H groups in total. The number of carbonyl (C=O) groups excluding carboxylic acids is 1. The highest BCUT2D eigenvalue weighted by Gasteiger charge is 2.33. The zero-order valence-corrected chi connectivity index (χ0v) is 20.5. The van der Waals surface area contributed by atoms with E-state index >= 15 is 0 Å². The van der Waals surface area contributed by atoms with Gasteiger partial charge in [0.25, 0.3) is 0 Å². The van der Waals surface area contributed by atoms with Crippen molar-refractivity contribution < 1.29 is 14.3 Å². The number of ether oxygens (including phenoxy) is 2. The van der Waals surface area contributed by atoms with Crippen molar-refractivity contribution in [1.82, 2.24) is 0 Å². The molecule has 0 aromatic carbocycles. The molecule has 0 heterocycles. The number of carbonyl (C=O) groups is 1. The molecule has 0 radical (unpaired) electrons. The van der Waals surface area contributed by atoms with Gasteiger partial charge in [-0.1, -0.05) is 65.2 Å². The van der Waals surface area contributed by atoms with Gasteiger partial charge in [-0.25, -0.2) is 0 Å². The second-order valence-electron chi connectivity index (χ2n) is 10.0. The maximum atomic E-state index is 13.1. The van der Waals surface area contributed by atoms with Crippen LogP contribution < -0.4 is 0 Å². The minimum atomic E-state index is -0.314. The lowest BCUT2D eigenvalue weighted by Crippen LogP contribution is -2.33. The van der Waals surface area contributed by atoms with Crippen LogP contribution in [-0.4, -0.2) is 30.2 Å². The Kier molecular flexibility index (Phi) is 13.8. The summed E-state index contributed by atoms with van der Waals surface area (Å²) in [7, 11) is 0. The summed E-state index contributed by atoms with van der Waals surface area (Å²) in [6.45, 7) is 15.8. The van der Waals surface area contributed by atoms with Crippen molar-refractivity contribution in [3.63, 3.8) is 0 Å². The molecule has 0 aromatic heterocycles. The summed E-state index contributed by atoms with van der Waals surface area (Å²) < 4.78 is 11.8. The molecule has 0 amide bonds. The van der Waals surface area contributed by atoms with Crippen molar-refractivity contribution >= 4 is 5.78 Å². The topological polar surface area (TPSA) is 35.5 Å².